The number of aromatic nitrogens is 2. The monoisotopic (exact) mass is 357 g/mol. The van der Waals surface area contributed by atoms with E-state index in [2.05, 4.69) is 22.6 Å². The van der Waals surface area contributed by atoms with Crippen molar-refractivity contribution in [2.24, 2.45) is 5.92 Å². The molecule has 2 heterocycles. The van der Waals surface area contributed by atoms with Gasteiger partial charge >= 0.3 is 0 Å². The van der Waals surface area contributed by atoms with Crippen molar-refractivity contribution in [1.82, 2.24) is 10.3 Å². The third-order valence-electron chi connectivity index (χ3n) is 4.37. The molecule has 0 bridgehead atoms. The van der Waals surface area contributed by atoms with Gasteiger partial charge in [0.1, 0.15) is 11.5 Å². The van der Waals surface area contributed by atoms with Crippen molar-refractivity contribution in [2.45, 2.75) is 26.2 Å². The van der Waals surface area contributed by atoms with Crippen molar-refractivity contribution in [2.75, 3.05) is 5.32 Å². The average molecular weight is 358 g/mol. The molecule has 25 heavy (non-hydrogen) atoms. The second kappa shape index (κ2) is 6.37. The van der Waals surface area contributed by atoms with Gasteiger partial charge in [0.05, 0.1) is 0 Å². The van der Waals surface area contributed by atoms with Gasteiger partial charge in [-0.2, -0.15) is 0 Å². The Morgan fingerprint density at radius 2 is 2.16 bits per heavy atom. The fourth-order valence-electron chi connectivity index (χ4n) is 3.05. The number of hydrogen-bond donors (Lipinski definition) is 1. The summed E-state index contributed by atoms with van der Waals surface area (Å²) in [7, 11) is 0. The van der Waals surface area contributed by atoms with Crippen LogP contribution in [0.3, 0.4) is 0 Å². The Morgan fingerprint density at radius 3 is 3.00 bits per heavy atom. The zero-order valence-corrected chi connectivity index (χ0v) is 14.3. The number of anilines is 1. The summed E-state index contributed by atoms with van der Waals surface area (Å²) in [6.07, 6.45) is 2.66. The van der Waals surface area contributed by atoms with Crippen LogP contribution in [0.4, 0.5) is 5.88 Å². The zero-order chi connectivity index (χ0) is 17.4. The first kappa shape index (κ1) is 15.9. The maximum atomic E-state index is 12.5. The number of aryl methyl sites for hydroxylation is 1. The summed E-state index contributed by atoms with van der Waals surface area (Å²) in [4.78, 5) is 12.5. The summed E-state index contributed by atoms with van der Waals surface area (Å²) < 4.78 is 10.5. The fourth-order valence-corrected chi connectivity index (χ4v) is 3.24. The Bertz CT molecular complexity index is 931. The Morgan fingerprint density at radius 1 is 1.28 bits per heavy atom. The molecule has 7 heteroatoms. The van der Waals surface area contributed by atoms with E-state index < -0.39 is 0 Å². The highest BCUT2D eigenvalue weighted by Crippen LogP contribution is 2.29. The first-order valence-electron chi connectivity index (χ1n) is 8.11. The highest BCUT2D eigenvalue weighted by Gasteiger charge is 2.27. The summed E-state index contributed by atoms with van der Waals surface area (Å²) in [5.41, 5.74) is 2.62. The molecule has 2 aromatic heterocycles. The fraction of sp³-hybridized carbons (Fsp3) is 0.278. The third-order valence-corrected chi connectivity index (χ3v) is 4.60. The number of nitrogens with one attached hydrogen (secondary N) is 1. The van der Waals surface area contributed by atoms with Gasteiger partial charge in [0.25, 0.3) is 5.91 Å². The van der Waals surface area contributed by atoms with Crippen LogP contribution in [0.15, 0.2) is 39.4 Å². The molecule has 0 spiro atoms. The van der Waals surface area contributed by atoms with Crippen molar-refractivity contribution in [1.29, 1.82) is 0 Å². The summed E-state index contributed by atoms with van der Waals surface area (Å²) in [6.45, 7) is 2.16. The minimum absolute atomic E-state index is 0.251. The van der Waals surface area contributed by atoms with Gasteiger partial charge in [-0.15, -0.1) is 0 Å². The van der Waals surface area contributed by atoms with Crippen LogP contribution >= 0.6 is 11.6 Å². The Kier molecular flexibility index (Phi) is 4.05. The van der Waals surface area contributed by atoms with Gasteiger partial charge < -0.3 is 9.05 Å². The SMILES string of the molecule is C[C@H]1CCc2onc(C(=O)Nc3cc(-c4cccc(Cl)c4)no3)c2C1. The lowest BCUT2D eigenvalue weighted by molar-refractivity contribution is 0.101. The number of hydrogen-bond acceptors (Lipinski definition) is 5. The van der Waals surface area contributed by atoms with E-state index in [1.54, 1.807) is 18.2 Å². The van der Waals surface area contributed by atoms with Crippen molar-refractivity contribution < 1.29 is 13.8 Å². The van der Waals surface area contributed by atoms with Gasteiger partial charge in [-0.05, 0) is 30.9 Å². The van der Waals surface area contributed by atoms with Crippen LogP contribution in [0.25, 0.3) is 11.3 Å². The van der Waals surface area contributed by atoms with Gasteiger partial charge in [-0.1, -0.05) is 41.0 Å². The van der Waals surface area contributed by atoms with Crippen molar-refractivity contribution in [3.8, 4) is 11.3 Å². The van der Waals surface area contributed by atoms with E-state index in [-0.39, 0.29) is 11.8 Å². The number of nitrogens with zero attached hydrogens (tertiary/aromatic N) is 2. The zero-order valence-electron chi connectivity index (χ0n) is 13.6. The number of carbonyl (C=O) groups excluding carboxylic acids is 1. The van der Waals surface area contributed by atoms with Gasteiger partial charge in [-0.3, -0.25) is 10.1 Å². The standard InChI is InChI=1S/C18H16ClN3O3/c1-10-5-6-15-13(7-10)17(22-24-15)18(23)20-16-9-14(21-25-16)11-3-2-4-12(19)8-11/h2-4,8-10H,5-7H2,1H3,(H,20,23)/t10-/m0/s1. The molecule has 128 valence electrons. The molecule has 0 fully saturated rings. The van der Waals surface area contributed by atoms with Crippen molar-refractivity contribution in [3.05, 3.63) is 52.4 Å². The van der Waals surface area contributed by atoms with Crippen LogP contribution in [0.1, 0.15) is 35.2 Å². The molecule has 0 aliphatic heterocycles. The van der Waals surface area contributed by atoms with Crippen molar-refractivity contribution in [3.63, 3.8) is 0 Å². The van der Waals surface area contributed by atoms with E-state index in [9.17, 15) is 4.79 Å². The van der Waals surface area contributed by atoms with Gasteiger partial charge in [-0.25, -0.2) is 0 Å². The maximum absolute atomic E-state index is 12.5. The lowest BCUT2D eigenvalue weighted by Gasteiger charge is -2.16. The lowest BCUT2D eigenvalue weighted by Crippen LogP contribution is -2.17. The number of benzene rings is 1. The second-order valence-corrected chi connectivity index (χ2v) is 6.76. The topological polar surface area (TPSA) is 81.2 Å². The minimum Gasteiger partial charge on any atom is -0.360 e. The molecule has 0 unspecified atom stereocenters. The maximum Gasteiger partial charge on any atom is 0.280 e. The predicted molar refractivity (Wildman–Crippen MR) is 92.6 cm³/mol. The molecular weight excluding hydrogens is 342 g/mol. The molecule has 1 atom stereocenters. The Hall–Kier alpha value is -2.60. The summed E-state index contributed by atoms with van der Waals surface area (Å²) >= 11 is 5.99. The quantitative estimate of drug-likeness (QED) is 0.753. The van der Waals surface area contributed by atoms with E-state index in [4.69, 9.17) is 20.6 Å². The number of fused-ring (bicyclic) bond motifs is 1. The van der Waals surface area contributed by atoms with Crippen LogP contribution in [0.2, 0.25) is 5.02 Å². The van der Waals surface area contributed by atoms with Crippen LogP contribution in [0, 0.1) is 5.92 Å². The van der Waals surface area contributed by atoms with Crippen LogP contribution in [-0.2, 0) is 12.8 Å². The Labute approximate surface area is 149 Å². The lowest BCUT2D eigenvalue weighted by atomic mass is 9.88. The number of halogens is 1. The molecular formula is C18H16ClN3O3. The Balaban J connectivity index is 1.53. The second-order valence-electron chi connectivity index (χ2n) is 6.32. The number of amides is 1. The largest absolute Gasteiger partial charge is 0.360 e. The first-order valence-corrected chi connectivity index (χ1v) is 8.49. The molecule has 0 saturated carbocycles. The smallest absolute Gasteiger partial charge is 0.280 e. The summed E-state index contributed by atoms with van der Waals surface area (Å²) in [6, 6.07) is 8.90. The molecule has 4 rings (SSSR count). The summed E-state index contributed by atoms with van der Waals surface area (Å²) in [5.74, 6) is 1.21. The van der Waals surface area contributed by atoms with Gasteiger partial charge in [0, 0.05) is 28.6 Å². The predicted octanol–water partition coefficient (Wildman–Crippen LogP) is 4.36. The van der Waals surface area contributed by atoms with E-state index in [1.165, 1.54) is 0 Å². The molecule has 3 aromatic rings. The minimum atomic E-state index is -0.354. The number of carbonyl (C=O) groups is 1. The first-order chi connectivity index (χ1) is 12.1. The molecule has 1 amide bonds. The van der Waals surface area contributed by atoms with Gasteiger partial charge in [0.15, 0.2) is 5.69 Å². The third kappa shape index (κ3) is 3.17. The average Bonchev–Trinajstić information content (AvgIpc) is 3.21. The van der Waals surface area contributed by atoms with E-state index >= 15 is 0 Å². The van der Waals surface area contributed by atoms with Crippen LogP contribution in [0.5, 0.6) is 0 Å². The molecule has 6 nitrogen and oxygen atoms in total. The van der Waals surface area contributed by atoms with E-state index in [0.717, 1.165) is 36.1 Å². The molecule has 1 aliphatic carbocycles. The molecule has 0 saturated heterocycles. The molecule has 1 aromatic carbocycles. The van der Waals surface area contributed by atoms with Gasteiger partial charge in [0.2, 0.25) is 5.88 Å². The van der Waals surface area contributed by atoms with Crippen molar-refractivity contribution >= 4 is 23.4 Å². The highest BCUT2D eigenvalue weighted by molar-refractivity contribution is 6.30. The van der Waals surface area contributed by atoms with Crippen LogP contribution in [-0.4, -0.2) is 16.2 Å². The highest BCUT2D eigenvalue weighted by atomic mass is 35.5. The normalized spacial score (nSPS) is 16.5. The van der Waals surface area contributed by atoms with E-state index in [0.29, 0.717) is 22.3 Å². The van der Waals surface area contributed by atoms with E-state index in [1.807, 2.05) is 12.1 Å². The molecule has 0 radical (unpaired) electrons. The molecule has 1 aliphatic rings. The number of rotatable bonds is 3. The van der Waals surface area contributed by atoms with Crippen LogP contribution < -0.4 is 5.32 Å². The summed E-state index contributed by atoms with van der Waals surface area (Å²) in [5, 5.41) is 11.2. The molecule has 1 N–H and O–H groups in total.